The van der Waals surface area contributed by atoms with Crippen LogP contribution in [0.4, 0.5) is 0 Å². The average Bonchev–Trinajstić information content (AvgIpc) is 2.74. The molecule has 0 spiro atoms. The van der Waals surface area contributed by atoms with Gasteiger partial charge in [-0.1, -0.05) is 0 Å². The van der Waals surface area contributed by atoms with Crippen LogP contribution < -0.4 is 21.7 Å². The number of aliphatic carboxylic acids is 1. The molecule has 0 radical (unpaired) electrons. The summed E-state index contributed by atoms with van der Waals surface area (Å²) >= 11 is 0. The van der Waals surface area contributed by atoms with E-state index in [1.807, 2.05) is 0 Å². The maximum atomic E-state index is 11.5. The van der Waals surface area contributed by atoms with Gasteiger partial charge in [0.05, 0.1) is 12.6 Å². The summed E-state index contributed by atoms with van der Waals surface area (Å²) in [4.78, 5) is 32.8. The van der Waals surface area contributed by atoms with Gasteiger partial charge >= 0.3 is 5.97 Å². The highest BCUT2D eigenvalue weighted by Gasteiger charge is 2.29. The summed E-state index contributed by atoms with van der Waals surface area (Å²) in [7, 11) is 0. The highest BCUT2D eigenvalue weighted by atomic mass is 16.4. The molecular formula is C9H16N4O4. The van der Waals surface area contributed by atoms with Crippen LogP contribution in [0.15, 0.2) is 0 Å². The van der Waals surface area contributed by atoms with Gasteiger partial charge in [-0.05, 0) is 6.42 Å². The van der Waals surface area contributed by atoms with Crippen LogP contribution in [0.1, 0.15) is 6.42 Å². The third-order valence-corrected chi connectivity index (χ3v) is 2.41. The first kappa shape index (κ1) is 13.4. The molecule has 0 bridgehead atoms. The van der Waals surface area contributed by atoms with Crippen molar-refractivity contribution in [2.75, 3.05) is 19.6 Å². The number of amides is 2. The van der Waals surface area contributed by atoms with Gasteiger partial charge in [0.1, 0.15) is 6.54 Å². The Kier molecular flexibility index (Phi) is 4.85. The molecule has 8 nitrogen and oxygen atoms in total. The van der Waals surface area contributed by atoms with Gasteiger partial charge in [-0.2, -0.15) is 0 Å². The van der Waals surface area contributed by atoms with Gasteiger partial charge in [-0.3, -0.25) is 14.4 Å². The minimum atomic E-state index is -1.09. The number of hydrogen-bond donors (Lipinski definition) is 5. The average molecular weight is 244 g/mol. The minimum absolute atomic E-state index is 0.0909. The van der Waals surface area contributed by atoms with Gasteiger partial charge in [0.2, 0.25) is 11.8 Å². The van der Waals surface area contributed by atoms with Crippen molar-refractivity contribution in [3.63, 3.8) is 0 Å². The number of hydrogen-bond acceptors (Lipinski definition) is 5. The first-order valence-electron chi connectivity index (χ1n) is 5.25. The van der Waals surface area contributed by atoms with E-state index in [1.165, 1.54) is 0 Å². The molecule has 1 aliphatic heterocycles. The Bertz CT molecular complexity index is 320. The quantitative estimate of drug-likeness (QED) is 0.350. The normalized spacial score (nSPS) is 23.1. The molecule has 0 aliphatic carbocycles. The van der Waals surface area contributed by atoms with Crippen LogP contribution in [-0.2, 0) is 14.4 Å². The smallest absolute Gasteiger partial charge is 0.322 e. The van der Waals surface area contributed by atoms with E-state index in [2.05, 4.69) is 16.0 Å². The van der Waals surface area contributed by atoms with E-state index in [-0.39, 0.29) is 24.4 Å². The molecule has 0 aromatic heterocycles. The molecular weight excluding hydrogens is 228 g/mol. The molecule has 2 amide bonds. The molecule has 1 saturated heterocycles. The fourth-order valence-electron chi connectivity index (χ4n) is 1.62. The lowest BCUT2D eigenvalue weighted by molar-refractivity contribution is -0.138. The van der Waals surface area contributed by atoms with Gasteiger partial charge in [-0.25, -0.2) is 0 Å². The van der Waals surface area contributed by atoms with Crippen LogP contribution in [0.25, 0.3) is 0 Å². The second-order valence-corrected chi connectivity index (χ2v) is 3.78. The zero-order valence-corrected chi connectivity index (χ0v) is 9.23. The van der Waals surface area contributed by atoms with Crippen molar-refractivity contribution in [2.24, 2.45) is 5.73 Å². The lowest BCUT2D eigenvalue weighted by Gasteiger charge is -2.11. The Morgan fingerprint density at radius 3 is 2.71 bits per heavy atom. The molecule has 0 aromatic carbocycles. The molecule has 17 heavy (non-hydrogen) atoms. The Morgan fingerprint density at radius 2 is 2.12 bits per heavy atom. The van der Waals surface area contributed by atoms with Crippen LogP contribution in [0, 0.1) is 0 Å². The Labute approximate surface area is 97.9 Å². The van der Waals surface area contributed by atoms with E-state index >= 15 is 0 Å². The van der Waals surface area contributed by atoms with Gasteiger partial charge in [0, 0.05) is 12.6 Å². The monoisotopic (exact) mass is 244 g/mol. The van der Waals surface area contributed by atoms with Crippen LogP contribution in [0.2, 0.25) is 0 Å². The Balaban J connectivity index is 2.31. The topological polar surface area (TPSA) is 134 Å². The molecule has 1 unspecified atom stereocenters. The number of nitrogens with one attached hydrogen (secondary N) is 3. The summed E-state index contributed by atoms with van der Waals surface area (Å²) in [6.45, 7) is -0.0277. The molecule has 8 heteroatoms. The highest BCUT2D eigenvalue weighted by molar-refractivity contribution is 5.85. The van der Waals surface area contributed by atoms with Crippen molar-refractivity contribution < 1.29 is 19.5 Å². The largest absolute Gasteiger partial charge is 0.480 e. The molecule has 1 heterocycles. The van der Waals surface area contributed by atoms with Crippen molar-refractivity contribution in [1.29, 1.82) is 0 Å². The number of carbonyl (C=O) groups is 3. The summed E-state index contributed by atoms with van der Waals surface area (Å²) in [5.41, 5.74) is 5.15. The molecule has 0 aromatic rings. The first-order valence-corrected chi connectivity index (χ1v) is 5.25. The zero-order chi connectivity index (χ0) is 12.8. The van der Waals surface area contributed by atoms with Crippen LogP contribution in [0.3, 0.4) is 0 Å². The molecule has 1 fully saturated rings. The lowest BCUT2D eigenvalue weighted by Crippen LogP contribution is -2.42. The van der Waals surface area contributed by atoms with E-state index in [4.69, 9.17) is 10.8 Å². The molecule has 1 aliphatic rings. The summed E-state index contributed by atoms with van der Waals surface area (Å²) in [5.74, 6) is -1.75. The molecule has 0 saturated carbocycles. The number of carboxylic acids is 1. The van der Waals surface area contributed by atoms with Crippen molar-refractivity contribution in [2.45, 2.75) is 18.5 Å². The number of nitrogens with two attached hydrogens (primary N) is 1. The predicted octanol–water partition coefficient (Wildman–Crippen LogP) is -3.01. The van der Waals surface area contributed by atoms with Gasteiger partial charge < -0.3 is 26.8 Å². The molecule has 1 rings (SSSR count). The van der Waals surface area contributed by atoms with Crippen molar-refractivity contribution in [3.8, 4) is 0 Å². The van der Waals surface area contributed by atoms with E-state index in [0.29, 0.717) is 13.0 Å². The summed E-state index contributed by atoms with van der Waals surface area (Å²) in [5, 5.41) is 16.2. The lowest BCUT2D eigenvalue weighted by atomic mass is 10.1. The van der Waals surface area contributed by atoms with E-state index in [9.17, 15) is 14.4 Å². The van der Waals surface area contributed by atoms with Crippen LogP contribution in [0.5, 0.6) is 0 Å². The zero-order valence-electron chi connectivity index (χ0n) is 9.23. The van der Waals surface area contributed by atoms with Crippen molar-refractivity contribution in [3.05, 3.63) is 0 Å². The summed E-state index contributed by atoms with van der Waals surface area (Å²) < 4.78 is 0. The molecule has 96 valence electrons. The standard InChI is InChI=1S/C9H16N4O4/c10-2-7(14)13-5-1-6(11-3-5)9(17)12-4-8(15)16/h5-6,11H,1-4,10H2,(H,12,17)(H,13,14)(H,15,16)/t5?,6-/m0/s1. The molecule has 6 N–H and O–H groups in total. The van der Waals surface area contributed by atoms with Crippen molar-refractivity contribution >= 4 is 17.8 Å². The fourth-order valence-corrected chi connectivity index (χ4v) is 1.62. The maximum absolute atomic E-state index is 11.5. The SMILES string of the molecule is NCC(=O)NC1CN[C@H](C(=O)NCC(=O)O)C1. The number of rotatable bonds is 5. The van der Waals surface area contributed by atoms with Gasteiger partial charge in [0.15, 0.2) is 0 Å². The summed E-state index contributed by atoms with van der Waals surface area (Å²) in [6.07, 6.45) is 0.428. The number of carbonyl (C=O) groups excluding carboxylic acids is 2. The second kappa shape index (κ2) is 6.16. The van der Waals surface area contributed by atoms with Crippen molar-refractivity contribution in [1.82, 2.24) is 16.0 Å². The van der Waals surface area contributed by atoms with E-state index in [0.717, 1.165) is 0 Å². The third kappa shape index (κ3) is 4.37. The molecule has 2 atom stereocenters. The summed E-state index contributed by atoms with van der Waals surface area (Å²) in [6, 6.07) is -0.621. The van der Waals surface area contributed by atoms with Gasteiger partial charge in [-0.15, -0.1) is 0 Å². The Hall–Kier alpha value is -1.67. The maximum Gasteiger partial charge on any atom is 0.322 e. The second-order valence-electron chi connectivity index (χ2n) is 3.78. The van der Waals surface area contributed by atoms with Crippen LogP contribution >= 0.6 is 0 Å². The van der Waals surface area contributed by atoms with Gasteiger partial charge in [0.25, 0.3) is 0 Å². The third-order valence-electron chi connectivity index (χ3n) is 2.41. The minimum Gasteiger partial charge on any atom is -0.480 e. The highest BCUT2D eigenvalue weighted by Crippen LogP contribution is 2.06. The number of carboxylic acid groups (broad SMARTS) is 1. The van der Waals surface area contributed by atoms with E-state index in [1.54, 1.807) is 0 Å². The Morgan fingerprint density at radius 1 is 1.41 bits per heavy atom. The van der Waals surface area contributed by atoms with Crippen LogP contribution in [-0.4, -0.2) is 54.6 Å². The predicted molar refractivity (Wildman–Crippen MR) is 58.0 cm³/mol. The van der Waals surface area contributed by atoms with E-state index < -0.39 is 18.6 Å². The first-order chi connectivity index (χ1) is 8.02. The fraction of sp³-hybridized carbons (Fsp3) is 0.667.